The van der Waals surface area contributed by atoms with Crippen LogP contribution < -0.4 is 4.74 Å². The number of fused-ring (bicyclic) bond motifs is 2. The molecule has 9 rings (SSSR count). The number of benzene rings is 7. The maximum absolute atomic E-state index is 6.40. The van der Waals surface area contributed by atoms with Gasteiger partial charge in [-0.05, 0) is 81.7 Å². The summed E-state index contributed by atoms with van der Waals surface area (Å²) in [6, 6.07) is 59.1. The minimum absolute atomic E-state index is 0.686. The number of rotatable bonds is 5. The summed E-state index contributed by atoms with van der Waals surface area (Å²) in [6.45, 7) is 0. The number of hydrogen-bond donors (Lipinski definition) is 0. The molecule has 0 radical (unpaired) electrons. The first-order valence-electron chi connectivity index (χ1n) is 15.8. The van der Waals surface area contributed by atoms with Gasteiger partial charge in [0.15, 0.2) is 5.82 Å². The first kappa shape index (κ1) is 27.0. The first-order valence-corrected chi connectivity index (χ1v) is 15.8. The lowest BCUT2D eigenvalue weighted by atomic mass is 9.92. The predicted octanol–water partition coefficient (Wildman–Crippen LogP) is 11.7. The van der Waals surface area contributed by atoms with Gasteiger partial charge < -0.3 is 4.74 Å². The molecule has 220 valence electrons. The van der Waals surface area contributed by atoms with E-state index >= 15 is 0 Å². The lowest BCUT2D eigenvalue weighted by Crippen LogP contribution is -1.99. The molecular weight excluding hydrogens is 572 g/mol. The third-order valence-corrected chi connectivity index (χ3v) is 8.85. The van der Waals surface area contributed by atoms with Gasteiger partial charge >= 0.3 is 0 Å². The molecule has 8 aromatic rings. The molecule has 1 aromatic heterocycles. The fraction of sp³-hybridized carbons (Fsp3) is 0. The molecule has 0 atom stereocenters. The van der Waals surface area contributed by atoms with E-state index in [1.165, 1.54) is 10.9 Å². The summed E-state index contributed by atoms with van der Waals surface area (Å²) < 4.78 is 6.40. The quantitative estimate of drug-likeness (QED) is 0.197. The lowest BCUT2D eigenvalue weighted by Gasteiger charge is -2.22. The third-order valence-electron chi connectivity index (χ3n) is 8.85. The van der Waals surface area contributed by atoms with E-state index in [0.29, 0.717) is 5.82 Å². The molecule has 0 unspecified atom stereocenters. The van der Waals surface area contributed by atoms with Crippen molar-refractivity contribution < 1.29 is 4.74 Å². The average molecular weight is 601 g/mol. The molecular formula is C44H28N2O. The minimum Gasteiger partial charge on any atom is -0.456 e. The summed E-state index contributed by atoms with van der Waals surface area (Å²) >= 11 is 0. The fourth-order valence-corrected chi connectivity index (χ4v) is 6.55. The van der Waals surface area contributed by atoms with Crippen molar-refractivity contribution >= 4 is 10.8 Å². The van der Waals surface area contributed by atoms with Gasteiger partial charge in [0.1, 0.15) is 11.5 Å². The molecule has 1 aliphatic rings. The molecule has 0 spiro atoms. The fourth-order valence-electron chi connectivity index (χ4n) is 6.55. The van der Waals surface area contributed by atoms with E-state index in [1.807, 2.05) is 30.3 Å². The average Bonchev–Trinajstić information content (AvgIpc) is 3.15. The molecule has 0 aliphatic carbocycles. The van der Waals surface area contributed by atoms with Crippen LogP contribution in [0.5, 0.6) is 11.5 Å². The summed E-state index contributed by atoms with van der Waals surface area (Å²) in [4.78, 5) is 10.3. The molecule has 0 bridgehead atoms. The minimum atomic E-state index is 0.686. The van der Waals surface area contributed by atoms with Gasteiger partial charge in [0.05, 0.1) is 11.4 Å². The van der Waals surface area contributed by atoms with E-state index in [-0.39, 0.29) is 0 Å². The van der Waals surface area contributed by atoms with Crippen molar-refractivity contribution in [2.24, 2.45) is 0 Å². The van der Waals surface area contributed by atoms with E-state index < -0.39 is 0 Å². The SMILES string of the molecule is c1ccc(-c2cc(-c3ccccc3)cc(-c3cc(-c4ccc5c(c4)-c4cccc6cccc(c46)O5)nc(-c4ccccc4)n3)c2)cc1. The van der Waals surface area contributed by atoms with Crippen molar-refractivity contribution in [2.45, 2.75) is 0 Å². The second-order valence-corrected chi connectivity index (χ2v) is 11.8. The Morgan fingerprint density at radius 1 is 0.340 bits per heavy atom. The van der Waals surface area contributed by atoms with Crippen LogP contribution >= 0.6 is 0 Å². The molecule has 3 nitrogen and oxygen atoms in total. The highest BCUT2D eigenvalue weighted by Gasteiger charge is 2.21. The van der Waals surface area contributed by atoms with Gasteiger partial charge in [-0.3, -0.25) is 0 Å². The molecule has 1 aliphatic heterocycles. The van der Waals surface area contributed by atoms with Crippen LogP contribution in [-0.2, 0) is 0 Å². The topological polar surface area (TPSA) is 35.0 Å². The van der Waals surface area contributed by atoms with Crippen molar-refractivity contribution in [1.29, 1.82) is 0 Å². The largest absolute Gasteiger partial charge is 0.456 e. The molecule has 2 heterocycles. The van der Waals surface area contributed by atoms with Crippen LogP contribution in [0.3, 0.4) is 0 Å². The van der Waals surface area contributed by atoms with Crippen molar-refractivity contribution in [3.05, 3.63) is 170 Å². The standard InChI is InChI=1S/C44H28N2O/c1-4-12-29(13-5-1)34-24-35(30-14-6-2-7-15-30)26-36(25-34)40-28-39(45-44(46-40)32-16-8-3-9-17-32)33-22-23-41-38(27-33)37-20-10-18-31-19-11-21-42(47-41)43(31)37/h1-28H. The van der Waals surface area contributed by atoms with Crippen LogP contribution in [0.25, 0.3) is 78.1 Å². The summed E-state index contributed by atoms with van der Waals surface area (Å²) in [5.74, 6) is 2.42. The van der Waals surface area contributed by atoms with Crippen LogP contribution in [0.2, 0.25) is 0 Å². The summed E-state index contributed by atoms with van der Waals surface area (Å²) in [5, 5.41) is 2.30. The Balaban J connectivity index is 1.25. The van der Waals surface area contributed by atoms with Crippen molar-refractivity contribution in [2.75, 3.05) is 0 Å². The maximum Gasteiger partial charge on any atom is 0.160 e. The highest BCUT2D eigenvalue weighted by atomic mass is 16.5. The predicted molar refractivity (Wildman–Crippen MR) is 192 cm³/mol. The maximum atomic E-state index is 6.40. The van der Waals surface area contributed by atoms with Crippen molar-refractivity contribution in [3.63, 3.8) is 0 Å². The number of ether oxygens (including phenoxy) is 1. The molecule has 3 heteroatoms. The highest BCUT2D eigenvalue weighted by molar-refractivity contribution is 6.04. The normalized spacial score (nSPS) is 11.6. The van der Waals surface area contributed by atoms with Crippen LogP contribution in [0.1, 0.15) is 0 Å². The Bertz CT molecular complexity index is 2360. The Kier molecular flexibility index (Phi) is 6.46. The molecule has 0 fully saturated rings. The van der Waals surface area contributed by atoms with Crippen LogP contribution in [-0.4, -0.2) is 9.97 Å². The van der Waals surface area contributed by atoms with Gasteiger partial charge in [-0.2, -0.15) is 0 Å². The van der Waals surface area contributed by atoms with E-state index in [2.05, 4.69) is 140 Å². The third kappa shape index (κ3) is 4.95. The Morgan fingerprint density at radius 3 is 1.57 bits per heavy atom. The van der Waals surface area contributed by atoms with Crippen LogP contribution in [0, 0.1) is 0 Å². The molecule has 0 saturated carbocycles. The number of nitrogens with zero attached hydrogens (tertiary/aromatic N) is 2. The highest BCUT2D eigenvalue weighted by Crippen LogP contribution is 2.47. The first-order chi connectivity index (χ1) is 23.3. The van der Waals surface area contributed by atoms with E-state index in [0.717, 1.165) is 72.8 Å². The Labute approximate surface area is 273 Å². The van der Waals surface area contributed by atoms with Gasteiger partial charge in [-0.25, -0.2) is 9.97 Å². The van der Waals surface area contributed by atoms with E-state index in [9.17, 15) is 0 Å². The second kappa shape index (κ2) is 11.2. The summed E-state index contributed by atoms with van der Waals surface area (Å²) in [5.41, 5.74) is 11.6. The molecule has 47 heavy (non-hydrogen) atoms. The zero-order chi connectivity index (χ0) is 31.2. The van der Waals surface area contributed by atoms with Gasteiger partial charge in [-0.1, -0.05) is 121 Å². The molecule has 0 amide bonds. The van der Waals surface area contributed by atoms with Crippen LogP contribution in [0.15, 0.2) is 170 Å². The zero-order valence-electron chi connectivity index (χ0n) is 25.5. The van der Waals surface area contributed by atoms with Crippen LogP contribution in [0.4, 0.5) is 0 Å². The number of hydrogen-bond acceptors (Lipinski definition) is 3. The van der Waals surface area contributed by atoms with E-state index in [1.54, 1.807) is 0 Å². The smallest absolute Gasteiger partial charge is 0.160 e. The molecule has 0 N–H and O–H groups in total. The Hall–Kier alpha value is -6.32. The summed E-state index contributed by atoms with van der Waals surface area (Å²) in [6.07, 6.45) is 0. The van der Waals surface area contributed by atoms with Gasteiger partial charge in [0, 0.05) is 27.6 Å². The van der Waals surface area contributed by atoms with Gasteiger partial charge in [0.25, 0.3) is 0 Å². The zero-order valence-corrected chi connectivity index (χ0v) is 25.5. The number of aromatic nitrogens is 2. The molecule has 7 aromatic carbocycles. The van der Waals surface area contributed by atoms with Gasteiger partial charge in [-0.15, -0.1) is 0 Å². The van der Waals surface area contributed by atoms with Crippen molar-refractivity contribution in [3.8, 4) is 78.8 Å². The Morgan fingerprint density at radius 2 is 0.915 bits per heavy atom. The van der Waals surface area contributed by atoms with Gasteiger partial charge in [0.2, 0.25) is 0 Å². The monoisotopic (exact) mass is 600 g/mol. The van der Waals surface area contributed by atoms with Crippen molar-refractivity contribution in [1.82, 2.24) is 9.97 Å². The van der Waals surface area contributed by atoms with E-state index in [4.69, 9.17) is 14.7 Å². The molecule has 0 saturated heterocycles. The second-order valence-electron chi connectivity index (χ2n) is 11.8. The lowest BCUT2D eigenvalue weighted by molar-refractivity contribution is 0.487. The summed E-state index contributed by atoms with van der Waals surface area (Å²) in [7, 11) is 0.